The fourth-order valence-electron chi connectivity index (χ4n) is 10.5. The van der Waals surface area contributed by atoms with Crippen molar-refractivity contribution in [2.24, 2.45) is 0 Å². The molecule has 0 amide bonds. The van der Waals surface area contributed by atoms with E-state index in [1.54, 1.807) is 0 Å². The van der Waals surface area contributed by atoms with Crippen molar-refractivity contribution >= 4 is 17.9 Å². The van der Waals surface area contributed by atoms with Crippen LogP contribution < -0.4 is 0 Å². The minimum Gasteiger partial charge on any atom is -0.462 e. The lowest BCUT2D eigenvalue weighted by Gasteiger charge is -2.18. The van der Waals surface area contributed by atoms with Gasteiger partial charge in [0.25, 0.3) is 0 Å². The highest BCUT2D eigenvalue weighted by Crippen LogP contribution is 2.18. The summed E-state index contributed by atoms with van der Waals surface area (Å²) in [6, 6.07) is 0. The van der Waals surface area contributed by atoms with E-state index in [1.165, 1.54) is 263 Å². The lowest BCUT2D eigenvalue weighted by atomic mass is 10.0. The molecule has 0 saturated carbocycles. The summed E-state index contributed by atoms with van der Waals surface area (Å²) >= 11 is 0. The Morgan fingerprint density at radius 1 is 0.253 bits per heavy atom. The molecule has 0 N–H and O–H groups in total. The van der Waals surface area contributed by atoms with E-state index < -0.39 is 6.10 Å². The van der Waals surface area contributed by atoms with E-state index >= 15 is 0 Å². The molecule has 0 heterocycles. The topological polar surface area (TPSA) is 78.9 Å². The molecule has 1 atom stereocenters. The number of unbranched alkanes of at least 4 members (excludes halogenated alkanes) is 46. The Bertz CT molecular complexity index is 1360. The fraction of sp³-hybridized carbons (Fsp3) is 0.849. The Morgan fingerprint density at radius 2 is 0.456 bits per heavy atom. The van der Waals surface area contributed by atoms with Crippen LogP contribution in [0, 0.1) is 0 Å². The summed E-state index contributed by atoms with van der Waals surface area (Å²) in [5.41, 5.74) is 0. The van der Waals surface area contributed by atoms with Crippen LogP contribution in [0.5, 0.6) is 0 Å². The first-order chi connectivity index (χ1) is 39.0. The third kappa shape index (κ3) is 66.1. The maximum absolute atomic E-state index is 12.9. The highest BCUT2D eigenvalue weighted by Gasteiger charge is 2.19. The molecular formula is C73H134O6. The summed E-state index contributed by atoms with van der Waals surface area (Å²) in [6.45, 7) is 6.66. The van der Waals surface area contributed by atoms with E-state index in [0.29, 0.717) is 19.3 Å². The summed E-state index contributed by atoms with van der Waals surface area (Å²) in [5, 5.41) is 0. The van der Waals surface area contributed by atoms with Gasteiger partial charge in [-0.05, 0) is 83.5 Å². The standard InChI is InChI=1S/C73H134O6/c1-4-7-10-13-16-19-22-25-27-29-31-33-34-35-36-37-38-39-40-41-43-44-46-48-51-54-57-60-63-66-72(75)78-69-70(68-77-71(74)65-62-59-56-53-50-24-21-18-15-12-9-6-3)79-73(76)67-64-61-58-55-52-49-47-45-42-32-30-28-26-23-20-17-14-11-8-5-2/h18,21-22,25,29,31,34-35,70H,4-17,19-20,23-24,26-28,30,32-33,36-69H2,1-3H3/b21-18-,25-22-,31-29-,35-34-. The van der Waals surface area contributed by atoms with Crippen molar-refractivity contribution < 1.29 is 28.6 Å². The van der Waals surface area contributed by atoms with Crippen LogP contribution in [0.3, 0.4) is 0 Å². The maximum atomic E-state index is 12.9. The molecule has 1 unspecified atom stereocenters. The van der Waals surface area contributed by atoms with Gasteiger partial charge in [0.1, 0.15) is 13.2 Å². The van der Waals surface area contributed by atoms with Crippen molar-refractivity contribution in [2.45, 2.75) is 386 Å². The van der Waals surface area contributed by atoms with Crippen LogP contribution in [0.4, 0.5) is 0 Å². The van der Waals surface area contributed by atoms with Gasteiger partial charge in [-0.15, -0.1) is 0 Å². The average molecular weight is 1110 g/mol. The Morgan fingerprint density at radius 3 is 0.747 bits per heavy atom. The number of rotatable bonds is 65. The Hall–Kier alpha value is -2.63. The summed E-state index contributed by atoms with van der Waals surface area (Å²) in [4.78, 5) is 38.4. The van der Waals surface area contributed by atoms with E-state index in [0.717, 1.165) is 77.0 Å². The SMILES string of the molecule is CCCCC/C=C\CCCCCCCC(=O)OCC(COC(=O)CCCCCCCCCCCCCCCC/C=C\C/C=C\C/C=C\CCCCCCC)OC(=O)CCCCCCCCCCCCCCCCCCCCCC. The number of hydrogen-bond acceptors (Lipinski definition) is 6. The number of esters is 3. The summed E-state index contributed by atoms with van der Waals surface area (Å²) in [5.74, 6) is -0.856. The smallest absolute Gasteiger partial charge is 0.306 e. The molecule has 79 heavy (non-hydrogen) atoms. The van der Waals surface area contributed by atoms with Crippen LogP contribution in [-0.2, 0) is 28.6 Å². The molecule has 6 heteroatoms. The molecule has 0 aliphatic heterocycles. The van der Waals surface area contributed by atoms with E-state index in [9.17, 15) is 14.4 Å². The van der Waals surface area contributed by atoms with Crippen LogP contribution in [0.1, 0.15) is 380 Å². The van der Waals surface area contributed by atoms with Gasteiger partial charge in [-0.3, -0.25) is 14.4 Å². The van der Waals surface area contributed by atoms with Crippen LogP contribution in [0.25, 0.3) is 0 Å². The van der Waals surface area contributed by atoms with E-state index in [2.05, 4.69) is 69.4 Å². The molecule has 0 fully saturated rings. The minimum absolute atomic E-state index is 0.0714. The Balaban J connectivity index is 4.19. The van der Waals surface area contributed by atoms with Gasteiger partial charge in [0.05, 0.1) is 0 Å². The maximum Gasteiger partial charge on any atom is 0.306 e. The Labute approximate surface area is 492 Å². The zero-order valence-electron chi connectivity index (χ0n) is 53.2. The average Bonchev–Trinajstić information content (AvgIpc) is 3.45. The summed E-state index contributed by atoms with van der Waals surface area (Å²) in [7, 11) is 0. The lowest BCUT2D eigenvalue weighted by Crippen LogP contribution is -2.30. The predicted octanol–water partition coefficient (Wildman–Crippen LogP) is 24.1. The molecule has 0 rings (SSSR count). The third-order valence-corrected chi connectivity index (χ3v) is 15.8. The zero-order chi connectivity index (χ0) is 57.1. The zero-order valence-corrected chi connectivity index (χ0v) is 53.2. The first kappa shape index (κ1) is 76.4. The van der Waals surface area contributed by atoms with Gasteiger partial charge in [-0.2, -0.15) is 0 Å². The van der Waals surface area contributed by atoms with Crippen LogP contribution in [-0.4, -0.2) is 37.2 Å². The molecule has 0 bridgehead atoms. The highest BCUT2D eigenvalue weighted by atomic mass is 16.6. The highest BCUT2D eigenvalue weighted by molar-refractivity contribution is 5.71. The molecule has 0 spiro atoms. The predicted molar refractivity (Wildman–Crippen MR) is 344 cm³/mol. The van der Waals surface area contributed by atoms with Crippen LogP contribution in [0.2, 0.25) is 0 Å². The number of carbonyl (C=O) groups excluding carboxylic acids is 3. The molecule has 0 saturated heterocycles. The van der Waals surface area contributed by atoms with Crippen LogP contribution >= 0.6 is 0 Å². The largest absolute Gasteiger partial charge is 0.462 e. The second-order valence-electron chi connectivity index (χ2n) is 23.8. The number of allylic oxidation sites excluding steroid dienone is 8. The molecule has 6 nitrogen and oxygen atoms in total. The van der Waals surface area contributed by atoms with Gasteiger partial charge in [-0.25, -0.2) is 0 Å². The molecule has 462 valence electrons. The van der Waals surface area contributed by atoms with Crippen molar-refractivity contribution in [1.82, 2.24) is 0 Å². The number of carbonyl (C=O) groups is 3. The molecule has 0 aromatic heterocycles. The van der Waals surface area contributed by atoms with E-state index in [1.807, 2.05) is 0 Å². The van der Waals surface area contributed by atoms with Gasteiger partial charge in [-0.1, -0.05) is 326 Å². The monoisotopic (exact) mass is 1110 g/mol. The molecule has 0 aromatic carbocycles. The van der Waals surface area contributed by atoms with Crippen molar-refractivity contribution in [3.05, 3.63) is 48.6 Å². The van der Waals surface area contributed by atoms with Crippen molar-refractivity contribution in [1.29, 1.82) is 0 Å². The second kappa shape index (κ2) is 67.9. The van der Waals surface area contributed by atoms with Crippen molar-refractivity contribution in [2.75, 3.05) is 13.2 Å². The van der Waals surface area contributed by atoms with Gasteiger partial charge in [0, 0.05) is 19.3 Å². The van der Waals surface area contributed by atoms with Gasteiger partial charge in [0.15, 0.2) is 6.10 Å². The first-order valence-corrected chi connectivity index (χ1v) is 35.1. The van der Waals surface area contributed by atoms with E-state index in [4.69, 9.17) is 14.2 Å². The first-order valence-electron chi connectivity index (χ1n) is 35.1. The van der Waals surface area contributed by atoms with Crippen molar-refractivity contribution in [3.63, 3.8) is 0 Å². The number of ether oxygens (including phenoxy) is 3. The van der Waals surface area contributed by atoms with Gasteiger partial charge in [0.2, 0.25) is 0 Å². The summed E-state index contributed by atoms with van der Waals surface area (Å²) in [6.07, 6.45) is 85.7. The minimum atomic E-state index is -0.775. The fourth-order valence-corrected chi connectivity index (χ4v) is 10.5. The molecular weight excluding hydrogens is 973 g/mol. The molecule has 0 aliphatic carbocycles. The van der Waals surface area contributed by atoms with Crippen LogP contribution in [0.15, 0.2) is 48.6 Å². The third-order valence-electron chi connectivity index (χ3n) is 15.8. The van der Waals surface area contributed by atoms with Crippen molar-refractivity contribution in [3.8, 4) is 0 Å². The van der Waals surface area contributed by atoms with Gasteiger partial charge >= 0.3 is 17.9 Å². The van der Waals surface area contributed by atoms with E-state index in [-0.39, 0.29) is 31.1 Å². The Kier molecular flexibility index (Phi) is 65.6. The molecule has 0 aromatic rings. The summed E-state index contributed by atoms with van der Waals surface area (Å²) < 4.78 is 17.0. The number of hydrogen-bond donors (Lipinski definition) is 0. The molecule has 0 aliphatic rings. The normalized spacial score (nSPS) is 12.3. The lowest BCUT2D eigenvalue weighted by molar-refractivity contribution is -0.167. The second-order valence-corrected chi connectivity index (χ2v) is 23.8. The molecule has 0 radical (unpaired) electrons. The quantitative estimate of drug-likeness (QED) is 0.0261. The van der Waals surface area contributed by atoms with Gasteiger partial charge < -0.3 is 14.2 Å².